The van der Waals surface area contributed by atoms with Gasteiger partial charge in [-0.3, -0.25) is 19.6 Å². The Morgan fingerprint density at radius 3 is 2.30 bits per heavy atom. The lowest BCUT2D eigenvalue weighted by Gasteiger charge is -2.28. The van der Waals surface area contributed by atoms with Crippen LogP contribution in [0.5, 0.6) is 0 Å². The Bertz CT molecular complexity index is 388. The number of unbranched alkanes of at least 4 members (excludes halogenated alkanes) is 1. The first kappa shape index (κ1) is 21.4. The quantitative estimate of drug-likeness (QED) is 0.339. The maximum atomic E-state index is 12.5. The van der Waals surface area contributed by atoms with Crippen LogP contribution in [0.1, 0.15) is 46.5 Å². The maximum Gasteiger partial charge on any atom is 0.244 e. The predicted octanol–water partition coefficient (Wildman–Crippen LogP) is 1.26. The molecule has 0 aliphatic carbocycles. The molecule has 0 fully saturated rings. The van der Waals surface area contributed by atoms with Crippen molar-refractivity contribution in [3.05, 3.63) is 0 Å². The average Bonchev–Trinajstić information content (AvgIpc) is 2.54. The number of carbonyl (C=O) groups is 3. The molecular weight excluding hydrogens is 298 g/mol. The van der Waals surface area contributed by atoms with Gasteiger partial charge in [-0.15, -0.1) is 0 Å². The van der Waals surface area contributed by atoms with E-state index in [9.17, 15) is 19.6 Å². The number of hydrogen-bond acceptors (Lipinski definition) is 4. The summed E-state index contributed by atoms with van der Waals surface area (Å²) in [6.45, 7) is 5.81. The summed E-state index contributed by atoms with van der Waals surface area (Å²) >= 11 is 0. The number of likely N-dealkylation sites (N-methyl/N-ethyl adjacent to an activating group) is 1. The lowest BCUT2D eigenvalue weighted by molar-refractivity contribution is -0.155. The second kappa shape index (κ2) is 11.0. The largest absolute Gasteiger partial charge is 0.347 e. The van der Waals surface area contributed by atoms with Crippen LogP contribution in [-0.2, 0) is 14.4 Å². The van der Waals surface area contributed by atoms with Crippen LogP contribution in [0.25, 0.3) is 0 Å². The van der Waals surface area contributed by atoms with Crippen LogP contribution in [0, 0.1) is 11.8 Å². The second-order valence-electron chi connectivity index (χ2n) is 6.17. The second-order valence-corrected chi connectivity index (χ2v) is 6.17. The number of hydroxylamine groups is 2. The van der Waals surface area contributed by atoms with E-state index in [2.05, 4.69) is 5.32 Å². The van der Waals surface area contributed by atoms with Crippen LogP contribution in [0.3, 0.4) is 0 Å². The molecule has 0 saturated carbocycles. The number of hydrogen-bond donors (Lipinski definition) is 2. The van der Waals surface area contributed by atoms with Crippen LogP contribution in [0.2, 0.25) is 0 Å². The zero-order chi connectivity index (χ0) is 18.0. The van der Waals surface area contributed by atoms with Crippen molar-refractivity contribution in [2.75, 3.05) is 20.6 Å². The highest BCUT2D eigenvalue weighted by Gasteiger charge is 2.30. The number of carbonyl (C=O) groups excluding carboxylic acids is 3. The average molecular weight is 329 g/mol. The first-order valence-corrected chi connectivity index (χ1v) is 8.20. The van der Waals surface area contributed by atoms with Gasteiger partial charge in [0.2, 0.25) is 18.2 Å². The topological polar surface area (TPSA) is 90.0 Å². The fourth-order valence-electron chi connectivity index (χ4n) is 2.26. The zero-order valence-corrected chi connectivity index (χ0v) is 14.9. The summed E-state index contributed by atoms with van der Waals surface area (Å²) in [6, 6.07) is -0.602. The van der Waals surface area contributed by atoms with Crippen molar-refractivity contribution in [2.45, 2.75) is 52.5 Å². The van der Waals surface area contributed by atoms with Gasteiger partial charge in [-0.25, -0.2) is 5.06 Å². The van der Waals surface area contributed by atoms with Crippen molar-refractivity contribution in [1.29, 1.82) is 0 Å². The van der Waals surface area contributed by atoms with Gasteiger partial charge in [-0.1, -0.05) is 40.0 Å². The fourth-order valence-corrected chi connectivity index (χ4v) is 2.26. The van der Waals surface area contributed by atoms with Gasteiger partial charge in [-0.05, 0) is 12.3 Å². The maximum absolute atomic E-state index is 12.5. The monoisotopic (exact) mass is 329 g/mol. The molecule has 23 heavy (non-hydrogen) atoms. The number of amides is 3. The van der Waals surface area contributed by atoms with E-state index in [1.165, 1.54) is 4.90 Å². The molecule has 0 aromatic heterocycles. The molecule has 0 aromatic carbocycles. The van der Waals surface area contributed by atoms with E-state index in [1.54, 1.807) is 14.1 Å². The van der Waals surface area contributed by atoms with E-state index in [-0.39, 0.29) is 30.7 Å². The third kappa shape index (κ3) is 7.45. The van der Waals surface area contributed by atoms with E-state index in [0.717, 1.165) is 19.3 Å². The molecule has 0 bridgehead atoms. The Morgan fingerprint density at radius 2 is 1.87 bits per heavy atom. The molecule has 0 rings (SSSR count). The smallest absolute Gasteiger partial charge is 0.244 e. The van der Waals surface area contributed by atoms with Gasteiger partial charge in [0.05, 0.1) is 12.5 Å². The Morgan fingerprint density at radius 1 is 1.26 bits per heavy atom. The molecule has 3 atom stereocenters. The standard InChI is InChI=1S/C16H31N3O4/c1-6-8-9-13(10-19(23)11-20)15(21)17-14(12(3)7-2)16(22)18(4)5/h11-14,23H,6-10H2,1-5H3,(H,17,21)/t12?,13-,14+/m1/s1. The third-order valence-corrected chi connectivity index (χ3v) is 4.02. The third-order valence-electron chi connectivity index (χ3n) is 4.02. The molecular formula is C16H31N3O4. The molecule has 134 valence electrons. The first-order valence-electron chi connectivity index (χ1n) is 8.20. The molecule has 0 saturated heterocycles. The van der Waals surface area contributed by atoms with Gasteiger partial charge in [0.25, 0.3) is 0 Å². The molecule has 2 N–H and O–H groups in total. The minimum absolute atomic E-state index is 0.00280. The van der Waals surface area contributed by atoms with Gasteiger partial charge in [-0.2, -0.15) is 0 Å². The predicted molar refractivity (Wildman–Crippen MR) is 87.7 cm³/mol. The SMILES string of the molecule is CCCC[C@H](CN(O)C=O)C(=O)N[C@H](C(=O)N(C)C)C(C)CC. The van der Waals surface area contributed by atoms with E-state index >= 15 is 0 Å². The highest BCUT2D eigenvalue weighted by molar-refractivity contribution is 5.88. The van der Waals surface area contributed by atoms with Gasteiger partial charge in [0.15, 0.2) is 0 Å². The van der Waals surface area contributed by atoms with Crippen molar-refractivity contribution in [3.8, 4) is 0 Å². The summed E-state index contributed by atoms with van der Waals surface area (Å²) in [6.07, 6.45) is 3.30. The van der Waals surface area contributed by atoms with Crippen LogP contribution in [0.4, 0.5) is 0 Å². The van der Waals surface area contributed by atoms with Crippen molar-refractivity contribution in [1.82, 2.24) is 15.3 Å². The molecule has 1 unspecified atom stereocenters. The highest BCUT2D eigenvalue weighted by Crippen LogP contribution is 2.14. The molecule has 0 aromatic rings. The van der Waals surface area contributed by atoms with Crippen molar-refractivity contribution in [3.63, 3.8) is 0 Å². The summed E-state index contributed by atoms with van der Waals surface area (Å²) in [5, 5.41) is 12.7. The first-order chi connectivity index (χ1) is 10.8. The Labute approximate surface area is 139 Å². The van der Waals surface area contributed by atoms with Crippen molar-refractivity contribution in [2.24, 2.45) is 11.8 Å². The van der Waals surface area contributed by atoms with E-state index in [4.69, 9.17) is 0 Å². The van der Waals surface area contributed by atoms with Crippen molar-refractivity contribution < 1.29 is 19.6 Å². The lowest BCUT2D eigenvalue weighted by Crippen LogP contribution is -2.52. The molecule has 0 heterocycles. The molecule has 0 radical (unpaired) electrons. The van der Waals surface area contributed by atoms with Crippen LogP contribution in [0.15, 0.2) is 0 Å². The Kier molecular flexibility index (Phi) is 10.2. The normalized spacial score (nSPS) is 14.5. The minimum Gasteiger partial charge on any atom is -0.347 e. The summed E-state index contributed by atoms with van der Waals surface area (Å²) in [7, 11) is 3.31. The number of rotatable bonds is 11. The summed E-state index contributed by atoms with van der Waals surface area (Å²) in [5.41, 5.74) is 0. The summed E-state index contributed by atoms with van der Waals surface area (Å²) < 4.78 is 0. The summed E-state index contributed by atoms with van der Waals surface area (Å²) in [5.74, 6) is -0.998. The van der Waals surface area contributed by atoms with E-state index in [0.29, 0.717) is 11.5 Å². The lowest BCUT2D eigenvalue weighted by atomic mass is 9.95. The number of nitrogens with one attached hydrogen (secondary N) is 1. The molecule has 7 heteroatoms. The van der Waals surface area contributed by atoms with Gasteiger partial charge >= 0.3 is 0 Å². The van der Waals surface area contributed by atoms with Crippen LogP contribution in [-0.4, -0.2) is 60.1 Å². The summed E-state index contributed by atoms with van der Waals surface area (Å²) in [4.78, 5) is 36.9. The van der Waals surface area contributed by atoms with Gasteiger partial charge < -0.3 is 10.2 Å². The molecule has 3 amide bonds. The Balaban J connectivity index is 5.06. The van der Waals surface area contributed by atoms with Crippen LogP contribution >= 0.6 is 0 Å². The van der Waals surface area contributed by atoms with Crippen LogP contribution < -0.4 is 5.32 Å². The van der Waals surface area contributed by atoms with E-state index in [1.807, 2.05) is 20.8 Å². The molecule has 0 aliphatic heterocycles. The van der Waals surface area contributed by atoms with E-state index < -0.39 is 12.0 Å². The van der Waals surface area contributed by atoms with Gasteiger partial charge in [0, 0.05) is 14.1 Å². The van der Waals surface area contributed by atoms with Crippen molar-refractivity contribution >= 4 is 18.2 Å². The minimum atomic E-state index is -0.602. The molecule has 0 aliphatic rings. The molecule has 7 nitrogen and oxygen atoms in total. The van der Waals surface area contributed by atoms with Gasteiger partial charge in [0.1, 0.15) is 6.04 Å². The highest BCUT2D eigenvalue weighted by atomic mass is 16.5. The zero-order valence-electron chi connectivity index (χ0n) is 14.9. The fraction of sp³-hybridized carbons (Fsp3) is 0.812. The molecule has 0 spiro atoms. The Hall–Kier alpha value is -1.63. The number of nitrogens with zero attached hydrogens (tertiary/aromatic N) is 2.